The lowest BCUT2D eigenvalue weighted by Crippen LogP contribution is -2.28. The van der Waals surface area contributed by atoms with Gasteiger partial charge in [-0.1, -0.05) is 13.8 Å². The van der Waals surface area contributed by atoms with Gasteiger partial charge in [0.25, 0.3) is 0 Å². The van der Waals surface area contributed by atoms with Crippen LogP contribution in [0.1, 0.15) is 40.0 Å². The van der Waals surface area contributed by atoms with Gasteiger partial charge in [-0.25, -0.2) is 0 Å². The highest BCUT2D eigenvalue weighted by molar-refractivity contribution is 4.70. The predicted molar refractivity (Wildman–Crippen MR) is 51.8 cm³/mol. The van der Waals surface area contributed by atoms with Crippen molar-refractivity contribution >= 4 is 0 Å². The molecular formula is C10H20N2. The molecule has 0 aliphatic carbocycles. The van der Waals surface area contributed by atoms with Gasteiger partial charge in [0.15, 0.2) is 0 Å². The summed E-state index contributed by atoms with van der Waals surface area (Å²) in [4.78, 5) is 0. The molecule has 0 aliphatic rings. The molecule has 2 heteroatoms. The summed E-state index contributed by atoms with van der Waals surface area (Å²) in [6.45, 7) is 7.63. The molecule has 0 rings (SSSR count). The van der Waals surface area contributed by atoms with E-state index in [1.54, 1.807) is 0 Å². The summed E-state index contributed by atoms with van der Waals surface area (Å²) in [5.74, 6) is 0.753. The van der Waals surface area contributed by atoms with Gasteiger partial charge >= 0.3 is 0 Å². The summed E-state index contributed by atoms with van der Waals surface area (Å²) in [6, 6.07) is 2.73. The van der Waals surface area contributed by atoms with Crippen LogP contribution in [0.5, 0.6) is 0 Å². The number of unbranched alkanes of at least 4 members (excludes halogenated alkanes) is 1. The largest absolute Gasteiger partial charge is 0.314 e. The number of rotatable bonds is 6. The van der Waals surface area contributed by atoms with Crippen molar-refractivity contribution in [3.63, 3.8) is 0 Å². The molecule has 0 radical (unpaired) electrons. The number of nitrogens with zero attached hydrogens (tertiary/aromatic N) is 1. The molecule has 0 saturated heterocycles. The van der Waals surface area contributed by atoms with Gasteiger partial charge in [0.2, 0.25) is 0 Å². The van der Waals surface area contributed by atoms with Gasteiger partial charge in [-0.15, -0.1) is 0 Å². The predicted octanol–water partition coefficient (Wildman–Crippen LogP) is 2.31. The van der Waals surface area contributed by atoms with E-state index in [1.807, 2.05) is 0 Å². The Labute approximate surface area is 76.0 Å². The zero-order valence-electron chi connectivity index (χ0n) is 8.43. The summed E-state index contributed by atoms with van der Waals surface area (Å²) in [6.07, 6.45) is 2.85. The van der Waals surface area contributed by atoms with Crippen molar-refractivity contribution in [3.05, 3.63) is 0 Å². The smallest absolute Gasteiger partial charge is 0.0622 e. The van der Waals surface area contributed by atoms with Crippen LogP contribution in [0.25, 0.3) is 0 Å². The summed E-state index contributed by atoms with van der Waals surface area (Å²) in [5, 5.41) is 11.7. The summed E-state index contributed by atoms with van der Waals surface area (Å²) in [5.41, 5.74) is 0. The van der Waals surface area contributed by atoms with Gasteiger partial charge in [0.1, 0.15) is 0 Å². The average Bonchev–Trinajstić information content (AvgIpc) is 1.97. The van der Waals surface area contributed by atoms with E-state index in [0.29, 0.717) is 12.5 Å². The second kappa shape index (κ2) is 7.12. The Hall–Kier alpha value is -0.550. The van der Waals surface area contributed by atoms with Gasteiger partial charge in [-0.3, -0.25) is 0 Å². The monoisotopic (exact) mass is 168 g/mol. The molecule has 0 fully saturated rings. The van der Waals surface area contributed by atoms with Crippen LogP contribution in [0, 0.1) is 17.2 Å². The lowest BCUT2D eigenvalue weighted by molar-refractivity contribution is 0.440. The molecule has 0 saturated carbocycles. The maximum absolute atomic E-state index is 8.30. The lowest BCUT2D eigenvalue weighted by Gasteiger charge is -2.14. The molecule has 1 N–H and O–H groups in total. The zero-order chi connectivity index (χ0) is 9.40. The van der Waals surface area contributed by atoms with Crippen molar-refractivity contribution in [1.29, 1.82) is 5.26 Å². The Bertz CT molecular complexity index is 135. The Morgan fingerprint density at radius 2 is 2.00 bits per heavy atom. The topological polar surface area (TPSA) is 35.8 Å². The molecule has 12 heavy (non-hydrogen) atoms. The van der Waals surface area contributed by atoms with Crippen molar-refractivity contribution < 1.29 is 0 Å². The number of hydrogen-bond acceptors (Lipinski definition) is 2. The quantitative estimate of drug-likeness (QED) is 0.618. The highest BCUT2D eigenvalue weighted by Gasteiger charge is 2.02. The molecule has 0 aromatic heterocycles. The molecule has 0 aromatic rings. The van der Waals surface area contributed by atoms with Crippen LogP contribution in [-0.4, -0.2) is 12.6 Å². The van der Waals surface area contributed by atoms with Crippen LogP contribution in [0.2, 0.25) is 0 Å². The SMILES string of the molecule is CC(C)CC(C)NCCCC#N. The third-order valence-corrected chi connectivity index (χ3v) is 1.78. The van der Waals surface area contributed by atoms with Gasteiger partial charge in [0, 0.05) is 12.5 Å². The molecule has 0 spiro atoms. The van der Waals surface area contributed by atoms with E-state index in [2.05, 4.69) is 32.2 Å². The molecule has 0 heterocycles. The normalized spacial score (nSPS) is 12.9. The molecule has 0 amide bonds. The third-order valence-electron chi connectivity index (χ3n) is 1.78. The molecule has 0 aliphatic heterocycles. The maximum Gasteiger partial charge on any atom is 0.0622 e. The standard InChI is InChI=1S/C10H20N2/c1-9(2)8-10(3)12-7-5-4-6-11/h9-10,12H,4-5,7-8H2,1-3H3. The second-order valence-corrected chi connectivity index (χ2v) is 3.75. The minimum Gasteiger partial charge on any atom is -0.314 e. The minimum atomic E-state index is 0.587. The number of nitriles is 1. The van der Waals surface area contributed by atoms with E-state index >= 15 is 0 Å². The van der Waals surface area contributed by atoms with Crippen molar-refractivity contribution in [2.45, 2.75) is 46.1 Å². The first kappa shape index (κ1) is 11.4. The van der Waals surface area contributed by atoms with E-state index < -0.39 is 0 Å². The Kier molecular flexibility index (Phi) is 6.79. The van der Waals surface area contributed by atoms with Crippen LogP contribution >= 0.6 is 0 Å². The highest BCUT2D eigenvalue weighted by atomic mass is 14.9. The van der Waals surface area contributed by atoms with E-state index in [1.165, 1.54) is 6.42 Å². The molecule has 0 bridgehead atoms. The van der Waals surface area contributed by atoms with Gasteiger partial charge in [-0.05, 0) is 32.2 Å². The first-order valence-corrected chi connectivity index (χ1v) is 4.77. The molecular weight excluding hydrogens is 148 g/mol. The van der Waals surface area contributed by atoms with Crippen LogP contribution in [0.15, 0.2) is 0 Å². The Morgan fingerprint density at radius 3 is 2.50 bits per heavy atom. The fraction of sp³-hybridized carbons (Fsp3) is 0.900. The van der Waals surface area contributed by atoms with E-state index in [0.717, 1.165) is 18.9 Å². The first-order valence-electron chi connectivity index (χ1n) is 4.77. The van der Waals surface area contributed by atoms with Gasteiger partial charge in [-0.2, -0.15) is 5.26 Å². The van der Waals surface area contributed by atoms with Crippen molar-refractivity contribution in [2.24, 2.45) is 5.92 Å². The lowest BCUT2D eigenvalue weighted by atomic mass is 10.1. The fourth-order valence-electron chi connectivity index (χ4n) is 1.31. The van der Waals surface area contributed by atoms with Gasteiger partial charge < -0.3 is 5.32 Å². The van der Waals surface area contributed by atoms with Crippen LogP contribution < -0.4 is 5.32 Å². The Morgan fingerprint density at radius 1 is 1.33 bits per heavy atom. The minimum absolute atomic E-state index is 0.587. The van der Waals surface area contributed by atoms with Crippen LogP contribution in [-0.2, 0) is 0 Å². The van der Waals surface area contributed by atoms with Crippen molar-refractivity contribution in [1.82, 2.24) is 5.32 Å². The molecule has 1 unspecified atom stereocenters. The Balaban J connectivity index is 3.20. The third kappa shape index (κ3) is 7.56. The van der Waals surface area contributed by atoms with Gasteiger partial charge in [0.05, 0.1) is 6.07 Å². The number of hydrogen-bond donors (Lipinski definition) is 1. The zero-order valence-corrected chi connectivity index (χ0v) is 8.43. The average molecular weight is 168 g/mol. The second-order valence-electron chi connectivity index (χ2n) is 3.75. The summed E-state index contributed by atoms with van der Waals surface area (Å²) >= 11 is 0. The summed E-state index contributed by atoms with van der Waals surface area (Å²) < 4.78 is 0. The van der Waals surface area contributed by atoms with E-state index in [4.69, 9.17) is 5.26 Å². The van der Waals surface area contributed by atoms with E-state index in [9.17, 15) is 0 Å². The van der Waals surface area contributed by atoms with Crippen LogP contribution in [0.3, 0.4) is 0 Å². The molecule has 0 aromatic carbocycles. The molecule has 70 valence electrons. The fourth-order valence-corrected chi connectivity index (χ4v) is 1.31. The summed E-state index contributed by atoms with van der Waals surface area (Å²) in [7, 11) is 0. The maximum atomic E-state index is 8.30. The van der Waals surface area contributed by atoms with Crippen molar-refractivity contribution in [3.8, 4) is 6.07 Å². The number of nitrogens with one attached hydrogen (secondary N) is 1. The molecule has 1 atom stereocenters. The first-order chi connectivity index (χ1) is 5.66. The highest BCUT2D eigenvalue weighted by Crippen LogP contribution is 2.03. The van der Waals surface area contributed by atoms with Crippen LogP contribution in [0.4, 0.5) is 0 Å². The van der Waals surface area contributed by atoms with Crippen molar-refractivity contribution in [2.75, 3.05) is 6.54 Å². The molecule has 2 nitrogen and oxygen atoms in total. The van der Waals surface area contributed by atoms with E-state index in [-0.39, 0.29) is 0 Å².